The lowest BCUT2D eigenvalue weighted by molar-refractivity contribution is 0.101. The summed E-state index contributed by atoms with van der Waals surface area (Å²) in [5.41, 5.74) is 4.35. The standard InChI is InChI=1S/C25H19ClN4O4.C16H8Cl2N4O4/c1-30-20(12-16-8-5-9-21(22(16)30)33-14-15-6-3-2-4-7-15)24(31)27-19-11-10-17(26)13-18(19)23-28-25(32)34-29-23;17-7-2-4-11(10(5-7)14-20-16(24)26-22-14)19-15(23)13-9-3-1-8(18)6-12(9)25-21-13/h2-13H,14H2,1H3,(H,27,31)(H,28,29,32);1-6H,(H,19,23)(H,20,22,24). The van der Waals surface area contributed by atoms with Crippen molar-refractivity contribution in [2.75, 3.05) is 10.6 Å². The maximum Gasteiger partial charge on any atom is 0.439 e. The predicted octanol–water partition coefficient (Wildman–Crippen LogP) is 8.74. The quantitative estimate of drug-likeness (QED) is 0.108. The Morgan fingerprint density at radius 2 is 1.28 bits per heavy atom. The molecule has 4 N–H and O–H groups in total. The first-order chi connectivity index (χ1) is 29.0. The van der Waals surface area contributed by atoms with Crippen molar-refractivity contribution in [1.29, 1.82) is 0 Å². The molecule has 2 amide bonds. The maximum atomic E-state index is 13.2. The number of benzene rings is 5. The summed E-state index contributed by atoms with van der Waals surface area (Å²) < 4.78 is 22.1. The van der Waals surface area contributed by atoms with Crippen LogP contribution < -0.4 is 26.9 Å². The Balaban J connectivity index is 0.000000172. The van der Waals surface area contributed by atoms with E-state index in [1.807, 2.05) is 55.6 Å². The number of para-hydroxylation sites is 1. The van der Waals surface area contributed by atoms with E-state index in [2.05, 4.69) is 45.1 Å². The van der Waals surface area contributed by atoms with Crippen molar-refractivity contribution in [3.05, 3.63) is 162 Å². The number of ether oxygens (including phenoxy) is 1. The van der Waals surface area contributed by atoms with Crippen molar-refractivity contribution < 1.29 is 27.9 Å². The molecule has 0 aliphatic heterocycles. The van der Waals surface area contributed by atoms with Crippen LogP contribution in [-0.4, -0.2) is 41.8 Å². The minimum Gasteiger partial charge on any atom is -0.487 e. The van der Waals surface area contributed by atoms with Crippen molar-refractivity contribution >= 4 is 79.9 Å². The number of nitrogens with zero attached hydrogens (tertiary/aromatic N) is 4. The number of fused-ring (bicyclic) bond motifs is 2. The van der Waals surface area contributed by atoms with Crippen LogP contribution in [0.4, 0.5) is 11.4 Å². The topological polar surface area (TPSA) is 216 Å². The number of halogens is 3. The van der Waals surface area contributed by atoms with Crippen molar-refractivity contribution in [2.45, 2.75) is 6.61 Å². The second-order valence-corrected chi connectivity index (χ2v) is 14.2. The van der Waals surface area contributed by atoms with Crippen LogP contribution in [0.2, 0.25) is 15.1 Å². The second kappa shape index (κ2) is 16.8. The Morgan fingerprint density at radius 3 is 1.90 bits per heavy atom. The molecule has 0 saturated heterocycles. The molecule has 0 spiro atoms. The molecule has 9 rings (SSSR count). The monoisotopic (exact) mass is 864 g/mol. The molecule has 300 valence electrons. The first-order valence-corrected chi connectivity index (χ1v) is 18.8. The summed E-state index contributed by atoms with van der Waals surface area (Å²) in [6.07, 6.45) is 0. The van der Waals surface area contributed by atoms with E-state index in [0.29, 0.717) is 66.6 Å². The van der Waals surface area contributed by atoms with Gasteiger partial charge in [0.05, 0.1) is 22.3 Å². The van der Waals surface area contributed by atoms with Gasteiger partial charge in [-0.2, -0.15) is 0 Å². The van der Waals surface area contributed by atoms with Crippen molar-refractivity contribution in [1.82, 2.24) is 30.0 Å². The fraction of sp³-hybridized carbons (Fsp3) is 0.0488. The summed E-state index contributed by atoms with van der Waals surface area (Å²) in [5.74, 6) is -1.32. The third-order valence-electron chi connectivity index (χ3n) is 8.99. The number of carbonyl (C=O) groups is 2. The molecular weight excluding hydrogens is 839 g/mol. The van der Waals surface area contributed by atoms with Gasteiger partial charge in [-0.25, -0.2) is 9.59 Å². The fourth-order valence-electron chi connectivity index (χ4n) is 6.23. The number of H-pyrrole nitrogens is 2. The molecule has 19 heteroatoms. The van der Waals surface area contributed by atoms with Crippen molar-refractivity contribution in [3.8, 4) is 28.5 Å². The molecule has 0 atom stereocenters. The van der Waals surface area contributed by atoms with E-state index in [9.17, 15) is 19.2 Å². The molecule has 4 aromatic heterocycles. The lowest BCUT2D eigenvalue weighted by Crippen LogP contribution is -2.16. The van der Waals surface area contributed by atoms with Gasteiger partial charge in [-0.3, -0.25) is 28.6 Å². The van der Waals surface area contributed by atoms with Gasteiger partial charge in [-0.15, -0.1) is 0 Å². The number of carbonyl (C=O) groups excluding carboxylic acids is 2. The van der Waals surface area contributed by atoms with Crippen molar-refractivity contribution in [3.63, 3.8) is 0 Å². The van der Waals surface area contributed by atoms with Gasteiger partial charge < -0.3 is 24.5 Å². The molecule has 0 aliphatic carbocycles. The van der Waals surface area contributed by atoms with Gasteiger partial charge in [-0.05, 0) is 66.2 Å². The minimum atomic E-state index is -0.725. The molecule has 5 aromatic carbocycles. The van der Waals surface area contributed by atoms with Gasteiger partial charge in [-0.1, -0.05) is 92.7 Å². The van der Waals surface area contributed by atoms with Crippen LogP contribution in [0.5, 0.6) is 5.75 Å². The highest BCUT2D eigenvalue weighted by atomic mass is 35.5. The third kappa shape index (κ3) is 8.42. The van der Waals surface area contributed by atoms with Gasteiger partial charge in [0.15, 0.2) is 22.9 Å². The maximum absolute atomic E-state index is 13.2. The molecule has 4 heterocycles. The average molecular weight is 866 g/mol. The van der Waals surface area contributed by atoms with Crippen LogP contribution >= 0.6 is 34.8 Å². The molecule has 0 aliphatic rings. The molecule has 60 heavy (non-hydrogen) atoms. The van der Waals surface area contributed by atoms with Gasteiger partial charge in [0, 0.05) is 44.7 Å². The zero-order valence-electron chi connectivity index (χ0n) is 30.8. The Labute approximate surface area is 351 Å². The summed E-state index contributed by atoms with van der Waals surface area (Å²) in [7, 11) is 1.81. The van der Waals surface area contributed by atoms with E-state index >= 15 is 0 Å². The van der Waals surface area contributed by atoms with Gasteiger partial charge in [0.1, 0.15) is 18.1 Å². The van der Waals surface area contributed by atoms with Crippen molar-refractivity contribution in [2.24, 2.45) is 7.05 Å². The Bertz CT molecular complexity index is 3170. The van der Waals surface area contributed by atoms with Crippen LogP contribution in [0.1, 0.15) is 26.5 Å². The van der Waals surface area contributed by atoms with E-state index < -0.39 is 17.4 Å². The highest BCUT2D eigenvalue weighted by Gasteiger charge is 2.21. The molecule has 0 fully saturated rings. The van der Waals surface area contributed by atoms with Gasteiger partial charge in [0.2, 0.25) is 0 Å². The summed E-state index contributed by atoms with van der Waals surface area (Å²) in [6.45, 7) is 0.413. The van der Waals surface area contributed by atoms with Crippen LogP contribution in [0.3, 0.4) is 0 Å². The molecule has 0 saturated carbocycles. The van der Waals surface area contributed by atoms with Gasteiger partial charge in [0.25, 0.3) is 11.8 Å². The summed E-state index contributed by atoms with van der Waals surface area (Å²) in [5, 5.41) is 19.3. The van der Waals surface area contributed by atoms with Crippen LogP contribution in [0.15, 0.2) is 132 Å². The highest BCUT2D eigenvalue weighted by Crippen LogP contribution is 2.33. The number of aromatic nitrogens is 6. The predicted molar refractivity (Wildman–Crippen MR) is 224 cm³/mol. The number of hydrogen-bond donors (Lipinski definition) is 4. The highest BCUT2D eigenvalue weighted by molar-refractivity contribution is 6.32. The summed E-state index contributed by atoms with van der Waals surface area (Å²) >= 11 is 18.0. The average Bonchev–Trinajstić information content (AvgIpc) is 4.05. The normalized spacial score (nSPS) is 11.0. The number of nitrogens with one attached hydrogen (secondary N) is 4. The summed E-state index contributed by atoms with van der Waals surface area (Å²) in [4.78, 5) is 53.4. The minimum absolute atomic E-state index is 0.0891. The molecule has 9 aromatic rings. The van der Waals surface area contributed by atoms with Gasteiger partial charge >= 0.3 is 11.5 Å². The zero-order chi connectivity index (χ0) is 41.9. The Kier molecular flexibility index (Phi) is 11.1. The molecular formula is C41H27Cl3N8O8. The second-order valence-electron chi connectivity index (χ2n) is 12.9. The van der Waals surface area contributed by atoms with E-state index in [0.717, 1.165) is 16.5 Å². The fourth-order valence-corrected chi connectivity index (χ4v) is 6.73. The number of anilines is 2. The molecule has 0 radical (unpaired) electrons. The number of aromatic amines is 2. The third-order valence-corrected chi connectivity index (χ3v) is 9.69. The number of rotatable bonds is 9. The van der Waals surface area contributed by atoms with Crippen LogP contribution in [0.25, 0.3) is 44.6 Å². The number of amides is 2. The first kappa shape index (κ1) is 39.4. The zero-order valence-corrected chi connectivity index (χ0v) is 33.1. The Morgan fingerprint density at radius 1 is 0.683 bits per heavy atom. The molecule has 0 bridgehead atoms. The first-order valence-electron chi connectivity index (χ1n) is 17.7. The lowest BCUT2D eigenvalue weighted by atomic mass is 10.1. The number of aryl methyl sites for hydroxylation is 1. The van der Waals surface area contributed by atoms with E-state index in [1.165, 1.54) is 6.07 Å². The van der Waals surface area contributed by atoms with E-state index in [4.69, 9.17) is 44.1 Å². The lowest BCUT2D eigenvalue weighted by Gasteiger charge is -2.12. The largest absolute Gasteiger partial charge is 0.487 e. The number of hydrogen-bond acceptors (Lipinski definition) is 11. The van der Waals surface area contributed by atoms with Crippen LogP contribution in [0, 0.1) is 0 Å². The molecule has 0 unspecified atom stereocenters. The molecule has 16 nitrogen and oxygen atoms in total. The SMILES string of the molecule is Cn1c(C(=O)Nc2ccc(Cl)cc2-c2noc(=O)[nH]2)cc2cccc(OCc3ccccc3)c21.O=C(Nc1ccc(Cl)cc1-c1noc(=O)[nH]1)c1noc2cc(Cl)ccc12. The summed E-state index contributed by atoms with van der Waals surface area (Å²) in [6, 6.07) is 31.8. The van der Waals surface area contributed by atoms with E-state index in [1.54, 1.807) is 59.2 Å². The smallest absolute Gasteiger partial charge is 0.439 e. The van der Waals surface area contributed by atoms with E-state index in [-0.39, 0.29) is 23.2 Å². The van der Waals surface area contributed by atoms with Crippen LogP contribution in [-0.2, 0) is 13.7 Å². The Hall–Kier alpha value is -7.40.